The van der Waals surface area contributed by atoms with Crippen molar-refractivity contribution in [1.82, 2.24) is 9.97 Å². The van der Waals surface area contributed by atoms with Crippen molar-refractivity contribution in [1.29, 1.82) is 0 Å². The smallest absolute Gasteiger partial charge is 0.388 e. The van der Waals surface area contributed by atoms with E-state index in [-0.39, 0.29) is 29.9 Å². The summed E-state index contributed by atoms with van der Waals surface area (Å²) in [5.41, 5.74) is 5.41. The Hall–Kier alpha value is -2.86. The molecule has 0 bridgehead atoms. The number of nitrogens with one attached hydrogen (secondary N) is 1. The average Bonchev–Trinajstić information content (AvgIpc) is 3.06. The summed E-state index contributed by atoms with van der Waals surface area (Å²) in [5, 5.41) is 2.95. The number of aromatic nitrogens is 2. The van der Waals surface area contributed by atoms with Crippen LogP contribution in [-0.2, 0) is 10.3 Å². The van der Waals surface area contributed by atoms with Crippen LogP contribution in [0.3, 0.4) is 0 Å². The van der Waals surface area contributed by atoms with Gasteiger partial charge < -0.3 is 20.5 Å². The molecular weight excluding hydrogens is 435 g/mol. The monoisotopic (exact) mass is 453 g/mol. The van der Waals surface area contributed by atoms with Gasteiger partial charge in [0.05, 0.1) is 25.1 Å². The third-order valence-corrected chi connectivity index (χ3v) is 6.14. The van der Waals surface area contributed by atoms with Gasteiger partial charge in [-0.05, 0) is 25.1 Å². The highest BCUT2D eigenvalue weighted by molar-refractivity contribution is 8.13. The normalized spacial score (nSPS) is 25.1. The Labute approximate surface area is 179 Å². The Balaban J connectivity index is 1.60. The molecule has 0 radical (unpaired) electrons. The Bertz CT molecular complexity index is 1020. The molecule has 1 aromatic carbocycles. The van der Waals surface area contributed by atoms with Crippen LogP contribution in [0, 0.1) is 11.7 Å². The number of hydrogen-bond acceptors (Lipinski definition) is 8. The van der Waals surface area contributed by atoms with E-state index in [0.29, 0.717) is 16.6 Å². The van der Waals surface area contributed by atoms with Gasteiger partial charge in [-0.25, -0.2) is 19.4 Å². The zero-order valence-corrected chi connectivity index (χ0v) is 17.0. The van der Waals surface area contributed by atoms with Gasteiger partial charge in [-0.15, -0.1) is 0 Å². The van der Waals surface area contributed by atoms with E-state index in [4.69, 9.17) is 10.5 Å². The maximum absolute atomic E-state index is 14.9. The number of alkyl halides is 2. The van der Waals surface area contributed by atoms with Gasteiger partial charge in [-0.2, -0.15) is 8.78 Å². The molecule has 4 rings (SSSR count). The van der Waals surface area contributed by atoms with E-state index in [1.54, 1.807) is 0 Å². The molecule has 2 aliphatic rings. The fraction of sp³-hybridized carbons (Fsp3) is 0.368. The molecule has 0 saturated carbocycles. The summed E-state index contributed by atoms with van der Waals surface area (Å²) in [4.78, 5) is 24.4. The van der Waals surface area contributed by atoms with Gasteiger partial charge in [0.2, 0.25) is 5.88 Å². The topological polar surface area (TPSA) is 112 Å². The fourth-order valence-corrected chi connectivity index (χ4v) is 4.84. The van der Waals surface area contributed by atoms with Crippen LogP contribution in [0.5, 0.6) is 5.88 Å². The number of carbonyl (C=O) groups is 1. The highest BCUT2D eigenvalue weighted by Gasteiger charge is 2.52. The first-order valence-corrected chi connectivity index (χ1v) is 10.2. The number of rotatable bonds is 5. The number of ether oxygens (including phenoxy) is 2. The molecule has 0 spiro atoms. The van der Waals surface area contributed by atoms with Gasteiger partial charge in [0, 0.05) is 22.9 Å². The molecule has 31 heavy (non-hydrogen) atoms. The van der Waals surface area contributed by atoms with Crippen molar-refractivity contribution < 1.29 is 27.4 Å². The molecule has 1 fully saturated rings. The molecule has 0 aliphatic carbocycles. The minimum absolute atomic E-state index is 0.0847. The van der Waals surface area contributed by atoms with Gasteiger partial charge >= 0.3 is 6.61 Å². The number of carbonyl (C=O) groups excluding carboxylic acids is 1. The van der Waals surface area contributed by atoms with Crippen molar-refractivity contribution in [2.75, 3.05) is 17.7 Å². The van der Waals surface area contributed by atoms with Crippen LogP contribution in [0.15, 0.2) is 35.6 Å². The number of amidine groups is 1. The number of nitrogens with two attached hydrogens (primary N) is 1. The number of hydrogen-bond donors (Lipinski definition) is 2. The second-order valence-corrected chi connectivity index (χ2v) is 8.12. The van der Waals surface area contributed by atoms with E-state index in [0.717, 1.165) is 12.4 Å². The maximum Gasteiger partial charge on any atom is 0.388 e. The first-order chi connectivity index (χ1) is 14.8. The lowest BCUT2D eigenvalue weighted by molar-refractivity contribution is -0.0531. The number of amides is 1. The lowest BCUT2D eigenvalue weighted by Crippen LogP contribution is -2.41. The van der Waals surface area contributed by atoms with Crippen LogP contribution in [0.25, 0.3) is 0 Å². The predicted octanol–water partition coefficient (Wildman–Crippen LogP) is 2.76. The summed E-state index contributed by atoms with van der Waals surface area (Å²) >= 11 is 1.40. The lowest BCUT2D eigenvalue weighted by atomic mass is 9.79. The molecular formula is C19H18F3N5O3S. The van der Waals surface area contributed by atoms with E-state index in [2.05, 4.69) is 25.0 Å². The van der Waals surface area contributed by atoms with Crippen LogP contribution in [0.1, 0.15) is 23.0 Å². The molecule has 1 aromatic heterocycles. The lowest BCUT2D eigenvalue weighted by Gasteiger charge is -2.35. The standard InChI is InChI=1S/C19H18F3N5O3S/c1-9-12-7-31-18(23)27-19(12,8-29-9)11-4-10(2-3-13(11)20)26-16(28)14-5-25-15(6-24-14)30-17(21)22/h2-6,9,12,17H,7-8H2,1H3,(H2,23,27)(H,26,28). The zero-order valence-electron chi connectivity index (χ0n) is 16.2. The fourth-order valence-electron chi connectivity index (χ4n) is 3.72. The van der Waals surface area contributed by atoms with Crippen LogP contribution in [0.4, 0.5) is 18.9 Å². The molecule has 3 heterocycles. The molecule has 3 N–H and O–H groups in total. The Morgan fingerprint density at radius 2 is 2.19 bits per heavy atom. The first kappa shape index (κ1) is 21.4. The number of halogens is 3. The second-order valence-electron chi connectivity index (χ2n) is 7.08. The van der Waals surface area contributed by atoms with Crippen molar-refractivity contribution in [2.45, 2.75) is 25.2 Å². The van der Waals surface area contributed by atoms with Gasteiger partial charge in [0.1, 0.15) is 17.1 Å². The van der Waals surface area contributed by atoms with Gasteiger partial charge in [-0.3, -0.25) is 4.79 Å². The quantitative estimate of drug-likeness (QED) is 0.716. The second kappa shape index (κ2) is 8.35. The third-order valence-electron chi connectivity index (χ3n) is 5.23. The van der Waals surface area contributed by atoms with Gasteiger partial charge in [0.25, 0.3) is 5.91 Å². The summed E-state index contributed by atoms with van der Waals surface area (Å²) in [5.74, 6) is -1.01. The Morgan fingerprint density at radius 3 is 2.90 bits per heavy atom. The molecule has 12 heteroatoms. The summed E-state index contributed by atoms with van der Waals surface area (Å²) in [6, 6.07) is 4.13. The average molecular weight is 453 g/mol. The Kier molecular flexibility index (Phi) is 5.75. The molecule has 2 aromatic rings. The van der Waals surface area contributed by atoms with Gasteiger partial charge in [0.15, 0.2) is 5.17 Å². The zero-order chi connectivity index (χ0) is 22.2. The number of nitrogens with zero attached hydrogens (tertiary/aromatic N) is 3. The van der Waals surface area contributed by atoms with E-state index < -0.39 is 29.8 Å². The van der Waals surface area contributed by atoms with Crippen LogP contribution < -0.4 is 15.8 Å². The minimum atomic E-state index is -3.05. The first-order valence-electron chi connectivity index (χ1n) is 9.26. The van der Waals surface area contributed by atoms with Crippen molar-refractivity contribution in [3.63, 3.8) is 0 Å². The largest absolute Gasteiger partial charge is 0.415 e. The van der Waals surface area contributed by atoms with Crippen molar-refractivity contribution >= 4 is 28.5 Å². The van der Waals surface area contributed by atoms with Crippen molar-refractivity contribution in [3.8, 4) is 5.88 Å². The Morgan fingerprint density at radius 1 is 1.39 bits per heavy atom. The number of fused-ring (bicyclic) bond motifs is 1. The van der Waals surface area contributed by atoms with Crippen LogP contribution in [0.2, 0.25) is 0 Å². The highest BCUT2D eigenvalue weighted by Crippen LogP contribution is 2.48. The molecule has 3 unspecified atom stereocenters. The predicted molar refractivity (Wildman–Crippen MR) is 108 cm³/mol. The molecule has 8 nitrogen and oxygen atoms in total. The molecule has 2 aliphatic heterocycles. The van der Waals surface area contributed by atoms with Crippen molar-refractivity contribution in [3.05, 3.63) is 47.7 Å². The van der Waals surface area contributed by atoms with Crippen molar-refractivity contribution in [2.24, 2.45) is 16.6 Å². The third kappa shape index (κ3) is 4.17. The molecule has 164 valence electrons. The van der Waals surface area contributed by atoms with Gasteiger partial charge in [-0.1, -0.05) is 11.8 Å². The van der Waals surface area contributed by atoms with Crippen LogP contribution in [-0.4, -0.2) is 46.1 Å². The minimum Gasteiger partial charge on any atom is -0.415 e. The summed E-state index contributed by atoms with van der Waals surface area (Å²) in [6.45, 7) is -0.967. The number of benzene rings is 1. The number of anilines is 1. The van der Waals surface area contributed by atoms with E-state index in [1.807, 2.05) is 6.92 Å². The molecule has 1 saturated heterocycles. The number of aliphatic imine (C=N–C) groups is 1. The molecule has 3 atom stereocenters. The van der Waals surface area contributed by atoms with E-state index in [9.17, 15) is 18.0 Å². The van der Waals surface area contributed by atoms with E-state index in [1.165, 1.54) is 30.0 Å². The molecule has 1 amide bonds. The summed E-state index contributed by atoms with van der Waals surface area (Å²) in [6.07, 6.45) is 1.78. The summed E-state index contributed by atoms with van der Waals surface area (Å²) < 4.78 is 49.2. The number of thioether (sulfide) groups is 1. The highest BCUT2D eigenvalue weighted by atomic mass is 32.2. The SMILES string of the molecule is CC1OCC2(c3cc(NC(=O)c4cnc(OC(F)F)cn4)ccc3F)N=C(N)SCC12. The van der Waals surface area contributed by atoms with E-state index >= 15 is 0 Å². The van der Waals surface area contributed by atoms with Crippen LogP contribution >= 0.6 is 11.8 Å². The summed E-state index contributed by atoms with van der Waals surface area (Å²) in [7, 11) is 0. The maximum atomic E-state index is 14.9.